The Labute approximate surface area is 115 Å². The number of carboxylic acids is 1. The fourth-order valence-corrected chi connectivity index (χ4v) is 2.40. The average Bonchev–Trinajstić information content (AvgIpc) is 2.65. The topological polar surface area (TPSA) is 98.2 Å². The summed E-state index contributed by atoms with van der Waals surface area (Å²) in [6, 6.07) is 1.68. The zero-order valence-electron chi connectivity index (χ0n) is 9.97. The number of rotatable bonds is 5. The van der Waals surface area contributed by atoms with Crippen molar-refractivity contribution in [3.8, 4) is 0 Å². The number of aromatic nitrogens is 2. The molecule has 20 heavy (non-hydrogen) atoms. The van der Waals surface area contributed by atoms with E-state index in [1.807, 2.05) is 0 Å². The van der Waals surface area contributed by atoms with Crippen molar-refractivity contribution >= 4 is 34.7 Å². The van der Waals surface area contributed by atoms with Crippen molar-refractivity contribution < 1.29 is 23.5 Å². The van der Waals surface area contributed by atoms with Crippen LogP contribution in [-0.2, 0) is 16.1 Å². The Morgan fingerprint density at radius 1 is 1.40 bits per heavy atom. The molecular weight excluding hydrogens is 292 g/mol. The Hall–Kier alpha value is -2.16. The first kappa shape index (κ1) is 14.3. The van der Waals surface area contributed by atoms with E-state index in [4.69, 9.17) is 10.8 Å². The lowest BCUT2D eigenvalue weighted by molar-refractivity contribution is -0.133. The molecule has 0 bridgehead atoms. The molecule has 6 nitrogen and oxygen atoms in total. The van der Waals surface area contributed by atoms with Gasteiger partial charge in [0.1, 0.15) is 17.9 Å². The minimum Gasteiger partial charge on any atom is -0.481 e. The molecule has 0 spiro atoms. The van der Waals surface area contributed by atoms with Gasteiger partial charge in [0.15, 0.2) is 11.0 Å². The third-order valence-corrected chi connectivity index (χ3v) is 3.34. The van der Waals surface area contributed by atoms with Gasteiger partial charge in [0.2, 0.25) is 5.91 Å². The Kier molecular flexibility index (Phi) is 3.89. The van der Waals surface area contributed by atoms with Gasteiger partial charge in [-0.15, -0.1) is 0 Å². The molecule has 0 aliphatic rings. The SMILES string of the molecule is NC(=O)Cn1c(SCC(=O)O)nc2c(F)cc(F)cc21. The number of carboxylic acid groups (broad SMARTS) is 1. The Bertz CT molecular complexity index is 702. The number of hydrogen-bond donors (Lipinski definition) is 2. The van der Waals surface area contributed by atoms with Crippen molar-refractivity contribution in [2.45, 2.75) is 11.7 Å². The minimum absolute atomic E-state index is 0.0502. The standard InChI is InChI=1S/C11H9F2N3O3S/c12-5-1-6(13)10-7(2-5)16(3-8(14)17)11(15-10)20-4-9(18)19/h1-2H,3-4H2,(H2,14,17)(H,18,19). The van der Waals surface area contributed by atoms with Crippen LogP contribution in [-0.4, -0.2) is 32.3 Å². The van der Waals surface area contributed by atoms with Gasteiger partial charge in [0.05, 0.1) is 11.3 Å². The first-order valence-corrected chi connectivity index (χ1v) is 6.35. The number of halogens is 2. The predicted octanol–water partition coefficient (Wildman–Crippen LogP) is 0.976. The Balaban J connectivity index is 2.57. The number of benzene rings is 1. The van der Waals surface area contributed by atoms with Gasteiger partial charge in [-0.2, -0.15) is 0 Å². The van der Waals surface area contributed by atoms with Crippen molar-refractivity contribution in [3.63, 3.8) is 0 Å². The van der Waals surface area contributed by atoms with Crippen molar-refractivity contribution in [1.82, 2.24) is 9.55 Å². The van der Waals surface area contributed by atoms with E-state index >= 15 is 0 Å². The maximum atomic E-state index is 13.6. The summed E-state index contributed by atoms with van der Waals surface area (Å²) in [6.45, 7) is -0.346. The van der Waals surface area contributed by atoms with Crippen molar-refractivity contribution in [2.24, 2.45) is 5.73 Å². The molecule has 0 unspecified atom stereocenters. The molecule has 1 aromatic heterocycles. The molecule has 9 heteroatoms. The highest BCUT2D eigenvalue weighted by atomic mass is 32.2. The summed E-state index contributed by atoms with van der Waals surface area (Å²) in [5, 5.41) is 8.73. The molecule has 2 aromatic rings. The number of hydrogen-bond acceptors (Lipinski definition) is 4. The molecule has 1 amide bonds. The summed E-state index contributed by atoms with van der Waals surface area (Å²) in [5.41, 5.74) is 4.99. The van der Waals surface area contributed by atoms with Crippen molar-refractivity contribution in [2.75, 3.05) is 5.75 Å². The Morgan fingerprint density at radius 3 is 2.70 bits per heavy atom. The zero-order chi connectivity index (χ0) is 14.9. The molecule has 0 aliphatic heterocycles. The molecule has 0 atom stereocenters. The number of thioether (sulfide) groups is 1. The number of nitrogens with zero attached hydrogens (tertiary/aromatic N) is 2. The first-order valence-electron chi connectivity index (χ1n) is 5.36. The van der Waals surface area contributed by atoms with Crippen LogP contribution in [0.1, 0.15) is 0 Å². The van der Waals surface area contributed by atoms with E-state index < -0.39 is 23.5 Å². The lowest BCUT2D eigenvalue weighted by atomic mass is 10.3. The molecule has 3 N–H and O–H groups in total. The number of fused-ring (bicyclic) bond motifs is 1. The maximum absolute atomic E-state index is 13.6. The van der Waals surface area contributed by atoms with E-state index in [2.05, 4.69) is 4.98 Å². The van der Waals surface area contributed by atoms with Crippen LogP contribution in [0.2, 0.25) is 0 Å². The van der Waals surface area contributed by atoms with E-state index in [1.54, 1.807) is 0 Å². The van der Waals surface area contributed by atoms with E-state index in [-0.39, 0.29) is 28.5 Å². The number of amides is 1. The van der Waals surface area contributed by atoms with Gasteiger partial charge in [-0.3, -0.25) is 9.59 Å². The monoisotopic (exact) mass is 301 g/mol. The summed E-state index contributed by atoms with van der Waals surface area (Å²) >= 11 is 0.793. The molecular formula is C11H9F2N3O3S. The number of imidazole rings is 1. The second-order valence-corrected chi connectivity index (χ2v) is 4.83. The zero-order valence-corrected chi connectivity index (χ0v) is 10.8. The van der Waals surface area contributed by atoms with Crippen LogP contribution < -0.4 is 5.73 Å². The fourth-order valence-electron chi connectivity index (χ4n) is 1.67. The summed E-state index contributed by atoms with van der Waals surface area (Å²) in [5.74, 6) is -3.87. The molecule has 0 saturated heterocycles. The highest BCUT2D eigenvalue weighted by Crippen LogP contribution is 2.26. The number of nitrogens with two attached hydrogens (primary N) is 1. The average molecular weight is 301 g/mol. The summed E-state index contributed by atoms with van der Waals surface area (Å²) in [4.78, 5) is 25.5. The molecule has 1 heterocycles. The first-order chi connectivity index (χ1) is 9.38. The summed E-state index contributed by atoms with van der Waals surface area (Å²) in [6.07, 6.45) is 0. The maximum Gasteiger partial charge on any atom is 0.313 e. The van der Waals surface area contributed by atoms with Crippen molar-refractivity contribution in [1.29, 1.82) is 0 Å². The molecule has 0 aliphatic carbocycles. The molecule has 0 saturated carbocycles. The summed E-state index contributed by atoms with van der Waals surface area (Å²) in [7, 11) is 0. The normalized spacial score (nSPS) is 10.9. The van der Waals surface area contributed by atoms with E-state index in [1.165, 1.54) is 4.57 Å². The molecule has 1 aromatic carbocycles. The third-order valence-electron chi connectivity index (χ3n) is 2.38. The highest BCUT2D eigenvalue weighted by Gasteiger charge is 2.18. The lowest BCUT2D eigenvalue weighted by Crippen LogP contribution is -2.19. The largest absolute Gasteiger partial charge is 0.481 e. The van der Waals surface area contributed by atoms with Gasteiger partial charge in [-0.1, -0.05) is 11.8 Å². The van der Waals surface area contributed by atoms with Crippen LogP contribution in [0.15, 0.2) is 17.3 Å². The molecule has 0 radical (unpaired) electrons. The van der Waals surface area contributed by atoms with Gasteiger partial charge >= 0.3 is 5.97 Å². The van der Waals surface area contributed by atoms with Crippen LogP contribution in [0.3, 0.4) is 0 Å². The fraction of sp³-hybridized carbons (Fsp3) is 0.182. The summed E-state index contributed by atoms with van der Waals surface area (Å²) < 4.78 is 28.1. The second-order valence-electron chi connectivity index (χ2n) is 3.88. The van der Waals surface area contributed by atoms with Gasteiger partial charge in [-0.05, 0) is 0 Å². The van der Waals surface area contributed by atoms with E-state index in [9.17, 15) is 18.4 Å². The van der Waals surface area contributed by atoms with Crippen LogP contribution in [0.5, 0.6) is 0 Å². The van der Waals surface area contributed by atoms with E-state index in [0.29, 0.717) is 6.07 Å². The van der Waals surface area contributed by atoms with Crippen LogP contribution in [0.4, 0.5) is 8.78 Å². The highest BCUT2D eigenvalue weighted by molar-refractivity contribution is 7.99. The smallest absolute Gasteiger partial charge is 0.313 e. The van der Waals surface area contributed by atoms with Gasteiger partial charge in [0, 0.05) is 12.1 Å². The second kappa shape index (κ2) is 5.45. The third kappa shape index (κ3) is 2.87. The predicted molar refractivity (Wildman–Crippen MR) is 67.2 cm³/mol. The van der Waals surface area contributed by atoms with Gasteiger partial charge < -0.3 is 15.4 Å². The van der Waals surface area contributed by atoms with Gasteiger partial charge in [0.25, 0.3) is 0 Å². The number of primary amides is 1. The minimum atomic E-state index is -1.10. The Morgan fingerprint density at radius 2 is 2.10 bits per heavy atom. The number of carbonyl (C=O) groups excluding carboxylic acids is 1. The van der Waals surface area contributed by atoms with Crippen molar-refractivity contribution in [3.05, 3.63) is 23.8 Å². The van der Waals surface area contributed by atoms with Crippen LogP contribution in [0, 0.1) is 11.6 Å². The van der Waals surface area contributed by atoms with Gasteiger partial charge in [-0.25, -0.2) is 13.8 Å². The number of aliphatic carboxylic acids is 1. The van der Waals surface area contributed by atoms with E-state index in [0.717, 1.165) is 17.8 Å². The molecule has 0 fully saturated rings. The molecule has 106 valence electrons. The molecule has 2 rings (SSSR count). The number of carbonyl (C=O) groups is 2. The lowest BCUT2D eigenvalue weighted by Gasteiger charge is -2.05. The quantitative estimate of drug-likeness (QED) is 0.802. The van der Waals surface area contributed by atoms with Crippen LogP contribution >= 0.6 is 11.8 Å². The van der Waals surface area contributed by atoms with Crippen LogP contribution in [0.25, 0.3) is 11.0 Å².